The molecule has 0 radical (unpaired) electrons. The van der Waals surface area contributed by atoms with Crippen molar-refractivity contribution in [2.75, 3.05) is 13.2 Å². The van der Waals surface area contributed by atoms with Crippen LogP contribution in [-0.4, -0.2) is 33.6 Å². The lowest BCUT2D eigenvalue weighted by Crippen LogP contribution is -1.99. The van der Waals surface area contributed by atoms with Gasteiger partial charge >= 0.3 is 0 Å². The second-order valence-electron chi connectivity index (χ2n) is 4.55. The SMILES string of the molecule is CCc1[nH]nc(-c2nc([C@@H]3CCOC3)no2)c1C. The third kappa shape index (κ3) is 1.82. The highest BCUT2D eigenvalue weighted by Gasteiger charge is 2.24. The molecule has 0 aromatic carbocycles. The number of nitrogens with zero attached hydrogens (tertiary/aromatic N) is 3. The molecule has 0 spiro atoms. The van der Waals surface area contributed by atoms with Gasteiger partial charge in [0, 0.05) is 23.8 Å². The van der Waals surface area contributed by atoms with E-state index in [0.29, 0.717) is 12.5 Å². The Kier molecular flexibility index (Phi) is 2.87. The van der Waals surface area contributed by atoms with E-state index in [1.807, 2.05) is 6.92 Å². The van der Waals surface area contributed by atoms with Crippen molar-refractivity contribution in [3.63, 3.8) is 0 Å². The second kappa shape index (κ2) is 4.53. The number of ether oxygens (including phenoxy) is 1. The van der Waals surface area contributed by atoms with Crippen LogP contribution in [0.15, 0.2) is 4.52 Å². The molecule has 0 aliphatic carbocycles. The Morgan fingerprint density at radius 1 is 1.44 bits per heavy atom. The summed E-state index contributed by atoms with van der Waals surface area (Å²) in [4.78, 5) is 4.43. The second-order valence-corrected chi connectivity index (χ2v) is 4.55. The summed E-state index contributed by atoms with van der Waals surface area (Å²) in [6.07, 6.45) is 1.87. The van der Waals surface area contributed by atoms with Crippen molar-refractivity contribution in [3.8, 4) is 11.6 Å². The van der Waals surface area contributed by atoms with Gasteiger partial charge in [-0.3, -0.25) is 5.10 Å². The molecule has 1 saturated heterocycles. The van der Waals surface area contributed by atoms with Gasteiger partial charge in [-0.1, -0.05) is 12.1 Å². The fraction of sp³-hybridized carbons (Fsp3) is 0.583. The summed E-state index contributed by atoms with van der Waals surface area (Å²) in [5, 5.41) is 11.3. The minimum absolute atomic E-state index is 0.257. The molecule has 0 saturated carbocycles. The predicted octanol–water partition coefficient (Wildman–Crippen LogP) is 1.83. The Labute approximate surface area is 105 Å². The van der Waals surface area contributed by atoms with Gasteiger partial charge in [-0.05, 0) is 19.8 Å². The standard InChI is InChI=1S/C12H16N4O2/c1-3-9-7(2)10(15-14-9)12-13-11(16-18-12)8-4-5-17-6-8/h8H,3-6H2,1-2H3,(H,14,15)/t8-/m1/s1. The molecule has 96 valence electrons. The van der Waals surface area contributed by atoms with Crippen molar-refractivity contribution < 1.29 is 9.26 Å². The van der Waals surface area contributed by atoms with Gasteiger partial charge < -0.3 is 9.26 Å². The van der Waals surface area contributed by atoms with Gasteiger partial charge in [0.25, 0.3) is 5.89 Å². The summed E-state index contributed by atoms with van der Waals surface area (Å²) in [5.74, 6) is 1.47. The molecule has 1 N–H and O–H groups in total. The number of rotatable bonds is 3. The molecular weight excluding hydrogens is 232 g/mol. The van der Waals surface area contributed by atoms with Crippen LogP contribution in [0.2, 0.25) is 0 Å². The number of aromatic nitrogens is 4. The predicted molar refractivity (Wildman–Crippen MR) is 64.2 cm³/mol. The van der Waals surface area contributed by atoms with Crippen LogP contribution < -0.4 is 0 Å². The zero-order valence-electron chi connectivity index (χ0n) is 10.6. The Bertz CT molecular complexity index is 540. The van der Waals surface area contributed by atoms with E-state index in [-0.39, 0.29) is 5.92 Å². The molecule has 3 rings (SSSR count). The summed E-state index contributed by atoms with van der Waals surface area (Å²) in [5.41, 5.74) is 2.94. The topological polar surface area (TPSA) is 76.8 Å². The van der Waals surface area contributed by atoms with Crippen LogP contribution in [0.4, 0.5) is 0 Å². The van der Waals surface area contributed by atoms with Crippen LogP contribution in [0.1, 0.15) is 36.3 Å². The van der Waals surface area contributed by atoms with Crippen molar-refractivity contribution in [1.29, 1.82) is 0 Å². The minimum atomic E-state index is 0.257. The maximum atomic E-state index is 5.33. The molecule has 6 nitrogen and oxygen atoms in total. The molecule has 18 heavy (non-hydrogen) atoms. The Balaban J connectivity index is 1.90. The van der Waals surface area contributed by atoms with E-state index in [0.717, 1.165) is 42.2 Å². The molecule has 2 aromatic heterocycles. The maximum absolute atomic E-state index is 5.33. The highest BCUT2D eigenvalue weighted by Crippen LogP contribution is 2.26. The van der Waals surface area contributed by atoms with Gasteiger partial charge in [-0.25, -0.2) is 0 Å². The first-order valence-corrected chi connectivity index (χ1v) is 6.25. The number of H-pyrrole nitrogens is 1. The zero-order valence-corrected chi connectivity index (χ0v) is 10.6. The third-order valence-corrected chi connectivity index (χ3v) is 3.40. The highest BCUT2D eigenvalue weighted by molar-refractivity contribution is 5.53. The van der Waals surface area contributed by atoms with E-state index in [1.165, 1.54) is 0 Å². The van der Waals surface area contributed by atoms with E-state index in [1.54, 1.807) is 0 Å². The van der Waals surface area contributed by atoms with Gasteiger partial charge in [-0.2, -0.15) is 10.1 Å². The van der Waals surface area contributed by atoms with Gasteiger partial charge in [-0.15, -0.1) is 0 Å². The van der Waals surface area contributed by atoms with Crippen LogP contribution in [0.3, 0.4) is 0 Å². The molecule has 1 aliphatic rings. The van der Waals surface area contributed by atoms with Crippen molar-refractivity contribution in [2.45, 2.75) is 32.6 Å². The Morgan fingerprint density at radius 3 is 3.00 bits per heavy atom. The molecule has 1 fully saturated rings. The molecular formula is C12H16N4O2. The van der Waals surface area contributed by atoms with E-state index in [4.69, 9.17) is 9.26 Å². The van der Waals surface area contributed by atoms with Crippen LogP contribution in [-0.2, 0) is 11.2 Å². The first kappa shape index (κ1) is 11.4. The normalized spacial score (nSPS) is 19.6. The quantitative estimate of drug-likeness (QED) is 0.896. The average Bonchev–Trinajstić information content (AvgIpc) is 3.08. The van der Waals surface area contributed by atoms with E-state index < -0.39 is 0 Å². The fourth-order valence-electron chi connectivity index (χ4n) is 2.22. The van der Waals surface area contributed by atoms with Crippen molar-refractivity contribution in [2.24, 2.45) is 0 Å². The van der Waals surface area contributed by atoms with E-state index in [9.17, 15) is 0 Å². The smallest absolute Gasteiger partial charge is 0.278 e. The molecule has 2 aromatic rings. The first-order chi connectivity index (χ1) is 8.79. The summed E-state index contributed by atoms with van der Waals surface area (Å²) in [6.45, 7) is 5.55. The maximum Gasteiger partial charge on any atom is 0.278 e. The minimum Gasteiger partial charge on any atom is -0.381 e. The Morgan fingerprint density at radius 2 is 2.33 bits per heavy atom. The van der Waals surface area contributed by atoms with Crippen molar-refractivity contribution in [1.82, 2.24) is 20.3 Å². The van der Waals surface area contributed by atoms with Crippen molar-refractivity contribution >= 4 is 0 Å². The van der Waals surface area contributed by atoms with Crippen molar-refractivity contribution in [3.05, 3.63) is 17.1 Å². The van der Waals surface area contributed by atoms with E-state index >= 15 is 0 Å². The lowest BCUT2D eigenvalue weighted by atomic mass is 10.1. The van der Waals surface area contributed by atoms with Crippen LogP contribution in [0.5, 0.6) is 0 Å². The number of hydrogen-bond donors (Lipinski definition) is 1. The molecule has 3 heterocycles. The molecule has 6 heteroatoms. The molecule has 1 aliphatic heterocycles. The fourth-order valence-corrected chi connectivity index (χ4v) is 2.22. The number of hydrogen-bond acceptors (Lipinski definition) is 5. The summed E-state index contributed by atoms with van der Waals surface area (Å²) >= 11 is 0. The first-order valence-electron chi connectivity index (χ1n) is 6.25. The van der Waals surface area contributed by atoms with Crippen LogP contribution in [0, 0.1) is 6.92 Å². The number of nitrogens with one attached hydrogen (secondary N) is 1. The van der Waals surface area contributed by atoms with Gasteiger partial charge in [0.2, 0.25) is 0 Å². The number of aryl methyl sites for hydroxylation is 1. The average molecular weight is 248 g/mol. The largest absolute Gasteiger partial charge is 0.381 e. The van der Waals surface area contributed by atoms with Gasteiger partial charge in [0.1, 0.15) is 0 Å². The summed E-state index contributed by atoms with van der Waals surface area (Å²) < 4.78 is 10.6. The van der Waals surface area contributed by atoms with E-state index in [2.05, 4.69) is 27.3 Å². The van der Waals surface area contributed by atoms with Crippen LogP contribution >= 0.6 is 0 Å². The molecule has 0 unspecified atom stereocenters. The summed E-state index contributed by atoms with van der Waals surface area (Å²) in [7, 11) is 0. The van der Waals surface area contributed by atoms with Gasteiger partial charge in [0.15, 0.2) is 11.5 Å². The monoisotopic (exact) mass is 248 g/mol. The zero-order chi connectivity index (χ0) is 12.5. The van der Waals surface area contributed by atoms with Crippen LogP contribution in [0.25, 0.3) is 11.6 Å². The lowest BCUT2D eigenvalue weighted by molar-refractivity contribution is 0.192. The Hall–Kier alpha value is -1.69. The third-order valence-electron chi connectivity index (χ3n) is 3.40. The molecule has 1 atom stereocenters. The molecule has 0 bridgehead atoms. The molecule has 0 amide bonds. The number of aromatic amines is 1. The van der Waals surface area contributed by atoms with Gasteiger partial charge in [0.05, 0.1) is 6.61 Å². The summed E-state index contributed by atoms with van der Waals surface area (Å²) in [6, 6.07) is 0. The lowest BCUT2D eigenvalue weighted by Gasteiger charge is -1.97. The highest BCUT2D eigenvalue weighted by atomic mass is 16.5.